The van der Waals surface area contributed by atoms with E-state index in [1.165, 1.54) is 10.5 Å². The van der Waals surface area contributed by atoms with E-state index in [0.29, 0.717) is 33.9 Å². The maximum atomic E-state index is 13.5. The number of nitrogens with two attached hydrogens (primary N) is 1. The largest absolute Gasteiger partial charge is 0.496 e. The van der Waals surface area contributed by atoms with Crippen LogP contribution in [0.4, 0.5) is 15.6 Å². The van der Waals surface area contributed by atoms with Gasteiger partial charge in [0.1, 0.15) is 10.6 Å². The van der Waals surface area contributed by atoms with Crippen LogP contribution in [0.25, 0.3) is 11.3 Å². The van der Waals surface area contributed by atoms with Crippen molar-refractivity contribution in [3.63, 3.8) is 0 Å². The van der Waals surface area contributed by atoms with Gasteiger partial charge in [-0.3, -0.25) is 4.79 Å². The number of hydrogen-bond donors (Lipinski definition) is 2. The molecular weight excluding hydrogens is 496 g/mol. The van der Waals surface area contributed by atoms with E-state index in [2.05, 4.69) is 11.4 Å². The SMILES string of the molecule is COc1ccc(-c2nc(N(C(N)=O)c3cc(C4CC4)ccc3C)sc2C(=O)NCc2ccccc2)cc1C. The molecule has 0 atom stereocenters. The van der Waals surface area contributed by atoms with E-state index in [0.717, 1.165) is 52.2 Å². The Bertz CT molecular complexity index is 1490. The molecule has 0 bridgehead atoms. The summed E-state index contributed by atoms with van der Waals surface area (Å²) in [6, 6.07) is 20.8. The Hall–Kier alpha value is -4.17. The zero-order valence-electron chi connectivity index (χ0n) is 21.7. The molecule has 1 fully saturated rings. The van der Waals surface area contributed by atoms with Gasteiger partial charge in [-0.2, -0.15) is 0 Å². The monoisotopic (exact) mass is 526 g/mol. The van der Waals surface area contributed by atoms with Crippen LogP contribution >= 0.6 is 11.3 Å². The van der Waals surface area contributed by atoms with Crippen LogP contribution in [0.5, 0.6) is 5.75 Å². The van der Waals surface area contributed by atoms with E-state index in [1.807, 2.05) is 74.5 Å². The van der Waals surface area contributed by atoms with Gasteiger partial charge in [-0.15, -0.1) is 0 Å². The smallest absolute Gasteiger partial charge is 0.325 e. The second kappa shape index (κ2) is 10.7. The molecule has 0 radical (unpaired) electrons. The van der Waals surface area contributed by atoms with Crippen LogP contribution in [-0.4, -0.2) is 24.0 Å². The van der Waals surface area contributed by atoms with Crippen molar-refractivity contribution < 1.29 is 14.3 Å². The number of anilines is 2. The van der Waals surface area contributed by atoms with Crippen molar-refractivity contribution >= 4 is 34.1 Å². The molecule has 1 heterocycles. The Balaban J connectivity index is 1.58. The third-order valence-corrected chi connectivity index (χ3v) is 7.76. The summed E-state index contributed by atoms with van der Waals surface area (Å²) in [5, 5.41) is 3.35. The second-order valence-corrected chi connectivity index (χ2v) is 10.5. The molecule has 194 valence electrons. The van der Waals surface area contributed by atoms with E-state index in [9.17, 15) is 9.59 Å². The van der Waals surface area contributed by atoms with Crippen molar-refractivity contribution in [2.24, 2.45) is 5.73 Å². The van der Waals surface area contributed by atoms with E-state index in [4.69, 9.17) is 15.5 Å². The molecule has 1 aliphatic carbocycles. The van der Waals surface area contributed by atoms with Crippen LogP contribution in [0.2, 0.25) is 0 Å². The molecule has 0 spiro atoms. The summed E-state index contributed by atoms with van der Waals surface area (Å²) < 4.78 is 5.42. The van der Waals surface area contributed by atoms with Gasteiger partial charge in [0.15, 0.2) is 5.13 Å². The molecule has 3 amide bonds. The van der Waals surface area contributed by atoms with Gasteiger partial charge in [0.05, 0.1) is 18.5 Å². The van der Waals surface area contributed by atoms with Gasteiger partial charge in [0, 0.05) is 12.1 Å². The molecule has 3 N–H and O–H groups in total. The fourth-order valence-electron chi connectivity index (χ4n) is 4.49. The van der Waals surface area contributed by atoms with Crippen molar-refractivity contribution in [3.8, 4) is 17.0 Å². The maximum Gasteiger partial charge on any atom is 0.325 e. The molecule has 1 saturated carbocycles. The van der Waals surface area contributed by atoms with Gasteiger partial charge >= 0.3 is 6.03 Å². The molecule has 8 heteroatoms. The number of thiazole rings is 1. The Kier molecular flexibility index (Phi) is 7.15. The highest BCUT2D eigenvalue weighted by atomic mass is 32.1. The number of nitrogens with one attached hydrogen (secondary N) is 1. The number of urea groups is 1. The highest BCUT2D eigenvalue weighted by Gasteiger charge is 2.29. The highest BCUT2D eigenvalue weighted by molar-refractivity contribution is 7.18. The van der Waals surface area contributed by atoms with E-state index >= 15 is 0 Å². The summed E-state index contributed by atoms with van der Waals surface area (Å²) >= 11 is 1.15. The number of nitrogens with zero attached hydrogens (tertiary/aromatic N) is 2. The lowest BCUT2D eigenvalue weighted by Crippen LogP contribution is -2.32. The summed E-state index contributed by atoms with van der Waals surface area (Å²) in [4.78, 5) is 32.9. The average molecular weight is 527 g/mol. The standard InChI is InChI=1S/C30H30N4O3S/c1-18-9-10-22(21-11-12-21)16-24(18)34(29(31)36)30-33-26(23-13-14-25(37-3)19(2)15-23)27(38-30)28(35)32-17-20-7-5-4-6-8-20/h4-10,13-16,21H,11-12,17H2,1-3H3,(H2,31,36)(H,32,35). The van der Waals surface area contributed by atoms with Crippen LogP contribution in [0.1, 0.15) is 50.7 Å². The number of carbonyl (C=O) groups excluding carboxylic acids is 2. The van der Waals surface area contributed by atoms with E-state index < -0.39 is 6.03 Å². The predicted octanol–water partition coefficient (Wildman–Crippen LogP) is 6.46. The summed E-state index contributed by atoms with van der Waals surface area (Å²) in [5.74, 6) is 0.983. The van der Waals surface area contributed by atoms with Crippen LogP contribution in [0.15, 0.2) is 66.7 Å². The molecule has 1 aliphatic rings. The van der Waals surface area contributed by atoms with Crippen LogP contribution in [0, 0.1) is 13.8 Å². The first-order valence-corrected chi connectivity index (χ1v) is 13.4. The predicted molar refractivity (Wildman–Crippen MR) is 151 cm³/mol. The van der Waals surface area contributed by atoms with Crippen molar-refractivity contribution in [2.45, 2.75) is 39.2 Å². The fraction of sp³-hybridized carbons (Fsp3) is 0.233. The Labute approximate surface area is 226 Å². The Morgan fingerprint density at radius 1 is 1.05 bits per heavy atom. The summed E-state index contributed by atoms with van der Waals surface area (Å²) in [6.07, 6.45) is 2.28. The number of ether oxygens (including phenoxy) is 1. The quantitative estimate of drug-likeness (QED) is 0.275. The molecule has 0 unspecified atom stereocenters. The molecular formula is C30H30N4O3S. The van der Waals surface area contributed by atoms with E-state index in [-0.39, 0.29) is 5.91 Å². The molecule has 38 heavy (non-hydrogen) atoms. The lowest BCUT2D eigenvalue weighted by molar-refractivity contribution is 0.0955. The highest BCUT2D eigenvalue weighted by Crippen LogP contribution is 2.43. The van der Waals surface area contributed by atoms with Crippen LogP contribution < -0.4 is 20.7 Å². The number of benzene rings is 3. The topological polar surface area (TPSA) is 97.5 Å². The van der Waals surface area contributed by atoms with E-state index in [1.54, 1.807) is 7.11 Å². The van der Waals surface area contributed by atoms with Crippen molar-refractivity contribution in [1.29, 1.82) is 0 Å². The number of amides is 3. The minimum Gasteiger partial charge on any atom is -0.496 e. The lowest BCUT2D eigenvalue weighted by Gasteiger charge is -2.20. The number of aryl methyl sites for hydroxylation is 2. The molecule has 4 aromatic rings. The Morgan fingerprint density at radius 3 is 2.47 bits per heavy atom. The fourth-order valence-corrected chi connectivity index (χ4v) is 5.52. The minimum atomic E-state index is -0.650. The van der Waals surface area contributed by atoms with Gasteiger partial charge in [-0.1, -0.05) is 53.8 Å². The first-order valence-electron chi connectivity index (χ1n) is 12.5. The maximum absolute atomic E-state index is 13.5. The van der Waals surface area contributed by atoms with Crippen molar-refractivity contribution in [3.05, 3.63) is 93.9 Å². The molecule has 1 aromatic heterocycles. The zero-order valence-corrected chi connectivity index (χ0v) is 22.5. The molecule has 5 rings (SSSR count). The van der Waals surface area contributed by atoms with Gasteiger partial charge in [0.25, 0.3) is 5.91 Å². The number of primary amides is 1. The third-order valence-electron chi connectivity index (χ3n) is 6.72. The number of aromatic nitrogens is 1. The first kappa shape index (κ1) is 25.5. The summed E-state index contributed by atoms with van der Waals surface area (Å²) in [5.41, 5.74) is 11.8. The van der Waals surface area contributed by atoms with Gasteiger partial charge in [-0.25, -0.2) is 14.7 Å². The minimum absolute atomic E-state index is 0.269. The molecule has 0 saturated heterocycles. The van der Waals surface area contributed by atoms with Gasteiger partial charge in [0.2, 0.25) is 0 Å². The second-order valence-electron chi connectivity index (χ2n) is 9.52. The van der Waals surface area contributed by atoms with Crippen molar-refractivity contribution in [2.75, 3.05) is 12.0 Å². The van der Waals surface area contributed by atoms with Crippen LogP contribution in [-0.2, 0) is 6.54 Å². The normalized spacial score (nSPS) is 12.7. The third kappa shape index (κ3) is 5.26. The number of methoxy groups -OCH3 is 1. The molecule has 7 nitrogen and oxygen atoms in total. The summed E-state index contributed by atoms with van der Waals surface area (Å²) in [6.45, 7) is 4.25. The zero-order chi connectivity index (χ0) is 26.8. The number of rotatable bonds is 8. The molecule has 0 aliphatic heterocycles. The summed E-state index contributed by atoms with van der Waals surface area (Å²) in [7, 11) is 1.62. The number of hydrogen-bond acceptors (Lipinski definition) is 5. The van der Waals surface area contributed by atoms with Gasteiger partial charge < -0.3 is 15.8 Å². The van der Waals surface area contributed by atoms with Crippen molar-refractivity contribution in [1.82, 2.24) is 10.3 Å². The lowest BCUT2D eigenvalue weighted by atomic mass is 10.1. The average Bonchev–Trinajstić information content (AvgIpc) is 3.68. The van der Waals surface area contributed by atoms with Crippen LogP contribution in [0.3, 0.4) is 0 Å². The first-order chi connectivity index (χ1) is 18.4. The Morgan fingerprint density at radius 2 is 1.82 bits per heavy atom. The number of carbonyl (C=O) groups is 2. The van der Waals surface area contributed by atoms with Gasteiger partial charge in [-0.05, 0) is 79.1 Å². The molecule has 3 aromatic carbocycles.